The van der Waals surface area contributed by atoms with Crippen LogP contribution in [0.5, 0.6) is 5.75 Å². The predicted molar refractivity (Wildman–Crippen MR) is 99.7 cm³/mol. The highest BCUT2D eigenvalue weighted by Gasteiger charge is 2.09. The molecular weight excluding hydrogens is 350 g/mol. The van der Waals surface area contributed by atoms with Gasteiger partial charge >= 0.3 is 5.97 Å². The number of sulfone groups is 1. The molecule has 132 valence electrons. The average molecular weight is 367 g/mol. The van der Waals surface area contributed by atoms with E-state index in [0.717, 1.165) is 16.4 Å². The summed E-state index contributed by atoms with van der Waals surface area (Å²) in [7, 11) is -3.41. The van der Waals surface area contributed by atoms with E-state index in [1.54, 1.807) is 42.5 Å². The smallest absolute Gasteiger partial charge is 0.311 e. The summed E-state index contributed by atoms with van der Waals surface area (Å²) in [6.45, 7) is 3.25. The summed E-state index contributed by atoms with van der Waals surface area (Å²) in [6.07, 6.45) is 2.04. The van der Waals surface area contributed by atoms with Gasteiger partial charge < -0.3 is 4.74 Å². The van der Waals surface area contributed by atoms with E-state index in [4.69, 9.17) is 10.00 Å². The maximum absolute atomic E-state index is 12.0. The molecule has 6 heteroatoms. The van der Waals surface area contributed by atoms with Crippen molar-refractivity contribution in [2.75, 3.05) is 0 Å². The number of rotatable bonds is 7. The fourth-order valence-electron chi connectivity index (χ4n) is 2.15. The van der Waals surface area contributed by atoms with E-state index in [2.05, 4.69) is 6.58 Å². The first-order chi connectivity index (χ1) is 12.4. The number of nitriles is 1. The SMILES string of the molecule is C=CS(=O)(=O)/C=C/c1cccc(CCC(=O)Oc2ccccc2C#N)c1. The van der Waals surface area contributed by atoms with E-state index in [0.29, 0.717) is 17.5 Å². The number of esters is 1. The Hall–Kier alpha value is -3.17. The zero-order valence-electron chi connectivity index (χ0n) is 14.0. The second-order valence-electron chi connectivity index (χ2n) is 5.39. The number of hydrogen-bond donors (Lipinski definition) is 0. The second-order valence-corrected chi connectivity index (χ2v) is 7.17. The van der Waals surface area contributed by atoms with Crippen LogP contribution in [0.15, 0.2) is 65.9 Å². The van der Waals surface area contributed by atoms with E-state index in [-0.39, 0.29) is 12.2 Å². The molecular formula is C20H17NO4S. The van der Waals surface area contributed by atoms with Crippen molar-refractivity contribution in [3.05, 3.63) is 82.6 Å². The molecule has 2 aromatic carbocycles. The van der Waals surface area contributed by atoms with Crippen LogP contribution >= 0.6 is 0 Å². The van der Waals surface area contributed by atoms with Crippen molar-refractivity contribution in [1.82, 2.24) is 0 Å². The van der Waals surface area contributed by atoms with Crippen LogP contribution in [0.2, 0.25) is 0 Å². The molecule has 2 aromatic rings. The molecule has 0 fully saturated rings. The van der Waals surface area contributed by atoms with Crippen molar-refractivity contribution in [2.24, 2.45) is 0 Å². The Labute approximate surface area is 152 Å². The normalized spacial score (nSPS) is 11.0. The largest absolute Gasteiger partial charge is 0.425 e. The number of carbonyl (C=O) groups is 1. The molecule has 0 amide bonds. The van der Waals surface area contributed by atoms with E-state index in [9.17, 15) is 13.2 Å². The molecule has 0 aliphatic heterocycles. The number of ether oxygens (including phenoxy) is 1. The maximum Gasteiger partial charge on any atom is 0.311 e. The zero-order chi connectivity index (χ0) is 19.0. The summed E-state index contributed by atoms with van der Waals surface area (Å²) < 4.78 is 28.0. The van der Waals surface area contributed by atoms with E-state index in [1.165, 1.54) is 6.08 Å². The molecule has 0 heterocycles. The summed E-state index contributed by atoms with van der Waals surface area (Å²) in [5.74, 6) is -0.200. The van der Waals surface area contributed by atoms with E-state index in [1.807, 2.05) is 12.1 Å². The van der Waals surface area contributed by atoms with Gasteiger partial charge in [-0.1, -0.05) is 43.0 Å². The number of para-hydroxylation sites is 1. The molecule has 0 radical (unpaired) electrons. The Morgan fingerprint density at radius 3 is 2.69 bits per heavy atom. The van der Waals surface area contributed by atoms with Gasteiger partial charge in [0.05, 0.1) is 5.56 Å². The summed E-state index contributed by atoms with van der Waals surface area (Å²) >= 11 is 0. The predicted octanol–water partition coefficient (Wildman–Crippen LogP) is 3.63. The van der Waals surface area contributed by atoms with Crippen molar-refractivity contribution >= 4 is 21.9 Å². The lowest BCUT2D eigenvalue weighted by Crippen LogP contribution is -2.10. The quantitative estimate of drug-likeness (QED) is 0.551. The van der Waals surface area contributed by atoms with Gasteiger partial charge in [0.25, 0.3) is 0 Å². The summed E-state index contributed by atoms with van der Waals surface area (Å²) in [5, 5.41) is 11.0. The van der Waals surface area contributed by atoms with Crippen LogP contribution in [-0.2, 0) is 21.1 Å². The number of aryl methyl sites for hydroxylation is 1. The van der Waals surface area contributed by atoms with Gasteiger partial charge in [-0.2, -0.15) is 5.26 Å². The Morgan fingerprint density at radius 1 is 1.19 bits per heavy atom. The third-order valence-electron chi connectivity index (χ3n) is 3.48. The first-order valence-electron chi connectivity index (χ1n) is 7.78. The molecule has 0 N–H and O–H groups in total. The fourth-order valence-corrected chi connectivity index (χ4v) is 2.61. The molecule has 0 aromatic heterocycles. The summed E-state index contributed by atoms with van der Waals surface area (Å²) in [4.78, 5) is 12.0. The van der Waals surface area contributed by atoms with Crippen LogP contribution in [-0.4, -0.2) is 14.4 Å². The van der Waals surface area contributed by atoms with Crippen LogP contribution < -0.4 is 4.74 Å². The lowest BCUT2D eigenvalue weighted by atomic mass is 10.1. The van der Waals surface area contributed by atoms with Gasteiger partial charge in [-0.25, -0.2) is 8.42 Å². The highest BCUT2D eigenvalue weighted by atomic mass is 32.2. The minimum atomic E-state index is -3.41. The molecule has 0 aliphatic rings. The van der Waals surface area contributed by atoms with E-state index >= 15 is 0 Å². The standard InChI is InChI=1S/C20H17NO4S/c1-2-26(23,24)13-12-17-7-5-6-16(14-17)10-11-20(22)25-19-9-4-3-8-18(19)15-21/h2-9,12-14H,1,10-11H2/b13-12+. The topological polar surface area (TPSA) is 84.2 Å². The van der Waals surface area contributed by atoms with Crippen LogP contribution in [0.3, 0.4) is 0 Å². The third kappa shape index (κ3) is 5.72. The molecule has 0 atom stereocenters. The van der Waals surface area contributed by atoms with Crippen molar-refractivity contribution in [3.63, 3.8) is 0 Å². The Morgan fingerprint density at radius 2 is 1.96 bits per heavy atom. The minimum Gasteiger partial charge on any atom is -0.425 e. The Bertz CT molecular complexity index is 985. The van der Waals surface area contributed by atoms with Gasteiger partial charge in [-0.15, -0.1) is 0 Å². The molecule has 0 bridgehead atoms. The first kappa shape index (κ1) is 19.2. The number of nitrogens with zero attached hydrogens (tertiary/aromatic N) is 1. The van der Waals surface area contributed by atoms with Gasteiger partial charge in [-0.3, -0.25) is 4.79 Å². The van der Waals surface area contributed by atoms with Crippen LogP contribution in [0.1, 0.15) is 23.1 Å². The second kappa shape index (κ2) is 8.79. The fraction of sp³-hybridized carbons (Fsp3) is 0.100. The molecule has 0 unspecified atom stereocenters. The van der Waals surface area contributed by atoms with E-state index < -0.39 is 15.8 Å². The Kier molecular flexibility index (Phi) is 6.48. The maximum atomic E-state index is 12.0. The van der Waals surface area contributed by atoms with Crippen molar-refractivity contribution in [1.29, 1.82) is 5.26 Å². The van der Waals surface area contributed by atoms with Gasteiger partial charge in [-0.05, 0) is 35.8 Å². The zero-order valence-corrected chi connectivity index (χ0v) is 14.8. The molecule has 2 rings (SSSR count). The van der Waals surface area contributed by atoms with Crippen LogP contribution in [0, 0.1) is 11.3 Å². The first-order valence-corrected chi connectivity index (χ1v) is 9.39. The molecule has 0 saturated heterocycles. The summed E-state index contributed by atoms with van der Waals surface area (Å²) in [5.41, 5.74) is 1.88. The number of benzene rings is 2. The van der Waals surface area contributed by atoms with Crippen LogP contribution in [0.4, 0.5) is 0 Å². The molecule has 26 heavy (non-hydrogen) atoms. The molecule has 5 nitrogen and oxygen atoms in total. The summed E-state index contributed by atoms with van der Waals surface area (Å²) in [6, 6.07) is 15.7. The van der Waals surface area contributed by atoms with Crippen molar-refractivity contribution < 1.29 is 17.9 Å². The van der Waals surface area contributed by atoms with Crippen molar-refractivity contribution in [3.8, 4) is 11.8 Å². The monoisotopic (exact) mass is 367 g/mol. The number of hydrogen-bond acceptors (Lipinski definition) is 5. The molecule has 0 saturated carbocycles. The lowest BCUT2D eigenvalue weighted by Gasteiger charge is -2.06. The average Bonchev–Trinajstić information content (AvgIpc) is 2.66. The molecule has 0 spiro atoms. The Balaban J connectivity index is 1.99. The lowest BCUT2D eigenvalue weighted by molar-refractivity contribution is -0.134. The third-order valence-corrected chi connectivity index (χ3v) is 4.46. The van der Waals surface area contributed by atoms with Gasteiger partial charge in [0.15, 0.2) is 9.84 Å². The van der Waals surface area contributed by atoms with Crippen molar-refractivity contribution in [2.45, 2.75) is 12.8 Å². The van der Waals surface area contributed by atoms with Crippen LogP contribution in [0.25, 0.3) is 6.08 Å². The highest BCUT2D eigenvalue weighted by Crippen LogP contribution is 2.18. The van der Waals surface area contributed by atoms with Gasteiger partial charge in [0.1, 0.15) is 11.8 Å². The van der Waals surface area contributed by atoms with Gasteiger partial charge in [0.2, 0.25) is 0 Å². The minimum absolute atomic E-state index is 0.137. The highest BCUT2D eigenvalue weighted by molar-refractivity contribution is 7.97. The van der Waals surface area contributed by atoms with Gasteiger partial charge in [0, 0.05) is 17.2 Å². The number of carbonyl (C=O) groups excluding carboxylic acids is 1. The molecule has 0 aliphatic carbocycles.